The molecule has 3 heterocycles. The molecule has 0 bridgehead atoms. The average molecular weight is 580 g/mol. The summed E-state index contributed by atoms with van der Waals surface area (Å²) in [5.74, 6) is 1.39. The van der Waals surface area contributed by atoms with Crippen LogP contribution in [0.25, 0.3) is 16.7 Å². The van der Waals surface area contributed by atoms with Crippen LogP contribution in [0.4, 0.5) is 11.5 Å². The predicted molar refractivity (Wildman–Crippen MR) is 148 cm³/mol. The fourth-order valence-corrected chi connectivity index (χ4v) is 6.76. The van der Waals surface area contributed by atoms with Gasteiger partial charge in [-0.25, -0.2) is 9.97 Å². The molecule has 3 N–H and O–H groups in total. The van der Waals surface area contributed by atoms with Gasteiger partial charge in [0, 0.05) is 51.5 Å². The zero-order valence-electron chi connectivity index (χ0n) is 19.5. The lowest BCUT2D eigenvalue weighted by atomic mass is 10.1. The minimum atomic E-state index is -4.37. The third-order valence-corrected chi connectivity index (χ3v) is 8.07. The molecule has 0 atom stereocenters. The van der Waals surface area contributed by atoms with Gasteiger partial charge in [0.1, 0.15) is 12.1 Å². The highest BCUT2D eigenvalue weighted by molar-refractivity contribution is 8.01. The van der Waals surface area contributed by atoms with Crippen LogP contribution in [0.1, 0.15) is 12.8 Å². The largest absolute Gasteiger partial charge is 0.381 e. The number of rotatable bonds is 8. The highest BCUT2D eigenvalue weighted by Crippen LogP contribution is 2.43. The third kappa shape index (κ3) is 6.78. The molecule has 37 heavy (non-hydrogen) atoms. The molecule has 0 amide bonds. The van der Waals surface area contributed by atoms with E-state index >= 15 is 0 Å². The molecule has 194 valence electrons. The Morgan fingerprint density at radius 1 is 1.08 bits per heavy atom. The summed E-state index contributed by atoms with van der Waals surface area (Å²) in [5.41, 5.74) is 1.51. The predicted octanol–water partition coefficient (Wildman–Crippen LogP) is 5.97. The third-order valence-electron chi connectivity index (χ3n) is 5.78. The summed E-state index contributed by atoms with van der Waals surface area (Å²) < 4.78 is 20.8. The molecule has 13 heteroatoms. The molecular weight excluding hydrogens is 556 g/mol. The van der Waals surface area contributed by atoms with Crippen molar-refractivity contribution in [3.63, 3.8) is 0 Å². The highest BCUT2D eigenvalue weighted by Gasteiger charge is 2.22. The van der Waals surface area contributed by atoms with E-state index < -0.39 is 13.9 Å². The summed E-state index contributed by atoms with van der Waals surface area (Å²) in [4.78, 5) is 29.2. The molecule has 9 nitrogen and oxygen atoms in total. The maximum Gasteiger partial charge on any atom is 0.345 e. The number of anilines is 2. The van der Waals surface area contributed by atoms with Crippen molar-refractivity contribution in [3.05, 3.63) is 71.1 Å². The monoisotopic (exact) mass is 579 g/mol. The molecular formula is C24H24Cl2N5O4PS. The second kappa shape index (κ2) is 11.2. The Balaban J connectivity index is 1.39. The van der Waals surface area contributed by atoms with Crippen LogP contribution in [-0.2, 0) is 9.30 Å². The average Bonchev–Trinajstić information content (AvgIpc) is 3.27. The van der Waals surface area contributed by atoms with Gasteiger partial charge in [-0.2, -0.15) is 0 Å². The zero-order chi connectivity index (χ0) is 26.0. The summed E-state index contributed by atoms with van der Waals surface area (Å²) in [6.45, 7) is 1.49. The van der Waals surface area contributed by atoms with Crippen LogP contribution in [0, 0.1) is 0 Å². The van der Waals surface area contributed by atoms with Crippen LogP contribution in [0.2, 0.25) is 10.0 Å². The maximum atomic E-state index is 11.9. The molecule has 1 fully saturated rings. The van der Waals surface area contributed by atoms with Crippen LogP contribution in [0.5, 0.6) is 0 Å². The summed E-state index contributed by atoms with van der Waals surface area (Å²) >= 11 is 13.4. The summed E-state index contributed by atoms with van der Waals surface area (Å²) in [5, 5.41) is 5.16. The molecule has 1 aliphatic rings. The molecule has 2 aromatic heterocycles. The van der Waals surface area contributed by atoms with Gasteiger partial charge in [0.15, 0.2) is 5.82 Å². The van der Waals surface area contributed by atoms with Gasteiger partial charge in [0.2, 0.25) is 0 Å². The van der Waals surface area contributed by atoms with Gasteiger partial charge in [-0.15, -0.1) is 0 Å². The van der Waals surface area contributed by atoms with Gasteiger partial charge >= 0.3 is 7.60 Å². The molecule has 5 rings (SSSR count). The number of halogens is 2. The first kappa shape index (κ1) is 26.3. The quantitative estimate of drug-likeness (QED) is 0.172. The van der Waals surface area contributed by atoms with Crippen molar-refractivity contribution >= 4 is 65.2 Å². The van der Waals surface area contributed by atoms with Crippen molar-refractivity contribution in [2.24, 2.45) is 0 Å². The van der Waals surface area contributed by atoms with Crippen molar-refractivity contribution in [2.75, 3.05) is 29.1 Å². The van der Waals surface area contributed by atoms with Gasteiger partial charge in [0.25, 0.3) is 0 Å². The van der Waals surface area contributed by atoms with Crippen LogP contribution < -0.4 is 9.62 Å². The molecule has 2 aromatic carbocycles. The second-order valence-corrected chi connectivity index (χ2v) is 12.2. The lowest BCUT2D eigenvalue weighted by molar-refractivity contribution is 0.0904. The zero-order valence-corrected chi connectivity index (χ0v) is 22.7. The van der Waals surface area contributed by atoms with Crippen LogP contribution in [-0.4, -0.2) is 49.9 Å². The standard InChI is InChI=1S/C24H24Cl2N5O4PS/c25-17-10-18(26)12-21(11-17)37-31(15-36(32,33)34)20-1-2-22-16(9-20)3-6-30(22)24-14-27-23(13-28-24)29-19-4-7-35-8-5-19/h1-3,6,9-14,19H,4-5,7-8,15H2,(H,27,29)(H2,32,33,34). The Morgan fingerprint density at radius 2 is 1.84 bits per heavy atom. The Morgan fingerprint density at radius 3 is 2.51 bits per heavy atom. The number of nitrogens with zero attached hydrogens (tertiary/aromatic N) is 4. The van der Waals surface area contributed by atoms with Crippen molar-refractivity contribution < 1.29 is 19.1 Å². The molecule has 4 aromatic rings. The van der Waals surface area contributed by atoms with E-state index in [9.17, 15) is 14.4 Å². The first-order chi connectivity index (χ1) is 17.7. The van der Waals surface area contributed by atoms with E-state index in [1.165, 1.54) is 4.31 Å². The Hall–Kier alpha value is -2.30. The Bertz CT molecular complexity index is 1420. The molecule has 0 spiro atoms. The molecule has 0 aliphatic carbocycles. The number of ether oxygens (including phenoxy) is 1. The normalized spacial score (nSPS) is 14.7. The number of hydrogen-bond acceptors (Lipinski definition) is 7. The van der Waals surface area contributed by atoms with Gasteiger partial charge in [-0.05, 0) is 67.3 Å². The second-order valence-electron chi connectivity index (χ2n) is 8.60. The number of hydrogen-bond donors (Lipinski definition) is 3. The minimum Gasteiger partial charge on any atom is -0.381 e. The lowest BCUT2D eigenvalue weighted by Gasteiger charge is -2.24. The summed E-state index contributed by atoms with van der Waals surface area (Å²) in [7, 11) is -4.37. The SMILES string of the molecule is O=P(O)(O)CN(Sc1cc(Cl)cc(Cl)c1)c1ccc2c(ccn2-c2cnc(NC3CCOCC3)cn2)c1. The highest BCUT2D eigenvalue weighted by atomic mass is 35.5. The summed E-state index contributed by atoms with van der Waals surface area (Å²) in [6, 6.07) is 12.8. The minimum absolute atomic E-state index is 0.330. The fraction of sp³-hybridized carbons (Fsp3) is 0.250. The Labute approximate surface area is 228 Å². The number of benzene rings is 2. The number of nitrogens with one attached hydrogen (secondary N) is 1. The first-order valence-electron chi connectivity index (χ1n) is 11.5. The van der Waals surface area contributed by atoms with E-state index in [4.69, 9.17) is 27.9 Å². The van der Waals surface area contributed by atoms with Gasteiger partial charge < -0.3 is 19.8 Å². The van der Waals surface area contributed by atoms with Crippen LogP contribution >= 0.6 is 42.7 Å². The van der Waals surface area contributed by atoms with Gasteiger partial charge in [0.05, 0.1) is 17.9 Å². The van der Waals surface area contributed by atoms with E-state index in [1.807, 2.05) is 35.0 Å². The molecule has 0 unspecified atom stereocenters. The number of aromatic nitrogens is 3. The van der Waals surface area contributed by atoms with E-state index in [-0.39, 0.29) is 0 Å². The van der Waals surface area contributed by atoms with Crippen molar-refractivity contribution in [1.82, 2.24) is 14.5 Å². The molecule has 1 saturated heterocycles. The fourth-order valence-electron chi connectivity index (χ4n) is 4.10. The van der Waals surface area contributed by atoms with E-state index in [0.717, 1.165) is 54.7 Å². The van der Waals surface area contributed by atoms with Gasteiger partial charge in [-0.3, -0.25) is 13.4 Å². The van der Waals surface area contributed by atoms with E-state index in [1.54, 1.807) is 30.6 Å². The molecule has 1 aliphatic heterocycles. The maximum absolute atomic E-state index is 11.9. The van der Waals surface area contributed by atoms with Crippen molar-refractivity contribution in [1.29, 1.82) is 0 Å². The van der Waals surface area contributed by atoms with Crippen LogP contribution in [0.3, 0.4) is 0 Å². The Kier molecular flexibility index (Phi) is 7.97. The number of fused-ring (bicyclic) bond motifs is 1. The molecule has 0 radical (unpaired) electrons. The van der Waals surface area contributed by atoms with Crippen LogP contribution in [0.15, 0.2) is 66.0 Å². The van der Waals surface area contributed by atoms with Gasteiger partial charge in [-0.1, -0.05) is 23.2 Å². The van der Waals surface area contributed by atoms with E-state index in [0.29, 0.717) is 32.5 Å². The van der Waals surface area contributed by atoms with E-state index in [2.05, 4.69) is 15.3 Å². The smallest absolute Gasteiger partial charge is 0.345 e. The first-order valence-corrected chi connectivity index (χ1v) is 14.8. The van der Waals surface area contributed by atoms with Crippen molar-refractivity contribution in [3.8, 4) is 5.82 Å². The van der Waals surface area contributed by atoms with Crippen molar-refractivity contribution in [2.45, 2.75) is 23.8 Å². The summed E-state index contributed by atoms with van der Waals surface area (Å²) in [6.07, 6.45) is 6.72. The topological polar surface area (TPSA) is 113 Å². The lowest BCUT2D eigenvalue weighted by Crippen LogP contribution is -2.28. The molecule has 0 saturated carbocycles.